The molecular weight excluding hydrogens is 278 g/mol. The number of nitrogens with two attached hydrogens (primary N) is 1. The minimum atomic E-state index is 0.499. The largest absolute Gasteiger partial charge is 0.383 e. The maximum Gasteiger partial charge on any atom is 0.135 e. The van der Waals surface area contributed by atoms with Gasteiger partial charge in [0.2, 0.25) is 0 Å². The van der Waals surface area contributed by atoms with Crippen molar-refractivity contribution in [3.8, 4) is 0 Å². The number of thiophene rings is 1. The van der Waals surface area contributed by atoms with E-state index >= 15 is 0 Å². The van der Waals surface area contributed by atoms with Gasteiger partial charge in [0.05, 0.1) is 5.39 Å². The fourth-order valence-electron chi connectivity index (χ4n) is 3.41. The highest BCUT2D eigenvalue weighted by molar-refractivity contribution is 7.18. The van der Waals surface area contributed by atoms with Gasteiger partial charge in [-0.3, -0.25) is 0 Å². The summed E-state index contributed by atoms with van der Waals surface area (Å²) >= 11 is 1.76. The van der Waals surface area contributed by atoms with Crippen LogP contribution in [0.4, 0.5) is 5.82 Å². The zero-order valence-electron chi connectivity index (χ0n) is 13.2. The Morgan fingerprint density at radius 3 is 2.57 bits per heavy atom. The number of nitrogen functional groups attached to an aromatic ring is 1. The lowest BCUT2D eigenvalue weighted by Gasteiger charge is -2.30. The van der Waals surface area contributed by atoms with E-state index in [1.54, 1.807) is 11.3 Å². The Bertz CT molecular complexity index is 624. The van der Waals surface area contributed by atoms with Crippen molar-refractivity contribution in [2.45, 2.75) is 58.8 Å². The first kappa shape index (κ1) is 14.8. The van der Waals surface area contributed by atoms with Gasteiger partial charge in [-0.1, -0.05) is 20.8 Å². The summed E-state index contributed by atoms with van der Waals surface area (Å²) in [6.07, 6.45) is 6.05. The average Bonchev–Trinajstić information content (AvgIpc) is 2.91. The van der Waals surface area contributed by atoms with Crippen molar-refractivity contribution in [3.05, 3.63) is 16.8 Å². The van der Waals surface area contributed by atoms with Gasteiger partial charge in [-0.15, -0.1) is 11.3 Å². The summed E-state index contributed by atoms with van der Waals surface area (Å²) in [6, 6.07) is 2.15. The van der Waals surface area contributed by atoms with E-state index in [-0.39, 0.29) is 0 Å². The first-order chi connectivity index (χ1) is 10.1. The Labute approximate surface area is 131 Å². The zero-order valence-corrected chi connectivity index (χ0v) is 14.0. The van der Waals surface area contributed by atoms with Crippen molar-refractivity contribution >= 4 is 27.4 Å². The highest BCUT2D eigenvalue weighted by Gasteiger charge is 2.26. The van der Waals surface area contributed by atoms with E-state index in [0.29, 0.717) is 11.7 Å². The molecule has 21 heavy (non-hydrogen) atoms. The van der Waals surface area contributed by atoms with E-state index in [4.69, 9.17) is 10.7 Å². The van der Waals surface area contributed by atoms with E-state index in [9.17, 15) is 0 Å². The molecule has 4 heteroatoms. The predicted octanol–water partition coefficient (Wildman–Crippen LogP) is 4.77. The van der Waals surface area contributed by atoms with E-state index in [0.717, 1.165) is 34.3 Å². The molecule has 2 N–H and O–H groups in total. The summed E-state index contributed by atoms with van der Waals surface area (Å²) in [6.45, 7) is 6.84. The second-order valence-corrected chi connectivity index (χ2v) is 7.72. The van der Waals surface area contributed by atoms with E-state index in [2.05, 4.69) is 31.8 Å². The third kappa shape index (κ3) is 2.91. The normalized spacial score (nSPS) is 23.0. The van der Waals surface area contributed by atoms with Gasteiger partial charge in [0.1, 0.15) is 16.5 Å². The topological polar surface area (TPSA) is 51.8 Å². The molecule has 2 aromatic heterocycles. The van der Waals surface area contributed by atoms with Crippen molar-refractivity contribution in [1.29, 1.82) is 0 Å². The molecule has 0 aromatic carbocycles. The van der Waals surface area contributed by atoms with Crippen LogP contribution in [0.3, 0.4) is 0 Å². The van der Waals surface area contributed by atoms with Crippen LogP contribution < -0.4 is 5.73 Å². The molecule has 1 aliphatic carbocycles. The number of nitrogens with zero attached hydrogens (tertiary/aromatic N) is 2. The lowest BCUT2D eigenvalue weighted by Crippen LogP contribution is -2.19. The summed E-state index contributed by atoms with van der Waals surface area (Å²) in [7, 11) is 0. The van der Waals surface area contributed by atoms with Crippen LogP contribution in [-0.2, 0) is 6.42 Å². The van der Waals surface area contributed by atoms with Gasteiger partial charge >= 0.3 is 0 Å². The minimum absolute atomic E-state index is 0.499. The second-order valence-electron chi connectivity index (χ2n) is 6.61. The molecule has 0 saturated heterocycles. The number of rotatable bonds is 3. The monoisotopic (exact) mass is 303 g/mol. The number of anilines is 1. The molecule has 0 unspecified atom stereocenters. The average molecular weight is 303 g/mol. The highest BCUT2D eigenvalue weighted by Crippen LogP contribution is 2.39. The van der Waals surface area contributed by atoms with Crippen LogP contribution in [-0.4, -0.2) is 9.97 Å². The maximum absolute atomic E-state index is 6.16. The molecule has 0 radical (unpaired) electrons. The summed E-state index contributed by atoms with van der Waals surface area (Å²) in [5.74, 6) is 3.81. The van der Waals surface area contributed by atoms with Gasteiger partial charge in [-0.05, 0) is 50.0 Å². The Morgan fingerprint density at radius 1 is 1.24 bits per heavy atom. The smallest absolute Gasteiger partial charge is 0.135 e. The van der Waals surface area contributed by atoms with Crippen LogP contribution in [0.2, 0.25) is 0 Å². The molecule has 1 fully saturated rings. The second kappa shape index (κ2) is 5.91. The molecule has 3 rings (SSSR count). The fraction of sp³-hybridized carbons (Fsp3) is 0.647. The Balaban J connectivity index is 1.84. The van der Waals surface area contributed by atoms with Crippen LogP contribution in [0, 0.1) is 11.8 Å². The van der Waals surface area contributed by atoms with Gasteiger partial charge in [-0.2, -0.15) is 0 Å². The van der Waals surface area contributed by atoms with Gasteiger partial charge < -0.3 is 5.73 Å². The summed E-state index contributed by atoms with van der Waals surface area (Å²) in [5, 5.41) is 1.04. The first-order valence-electron chi connectivity index (χ1n) is 8.14. The maximum atomic E-state index is 6.16. The molecule has 0 atom stereocenters. The van der Waals surface area contributed by atoms with Crippen molar-refractivity contribution in [3.63, 3.8) is 0 Å². The quantitative estimate of drug-likeness (QED) is 0.889. The summed E-state index contributed by atoms with van der Waals surface area (Å²) < 4.78 is 0. The number of hydrogen-bond acceptors (Lipinski definition) is 4. The fourth-order valence-corrected chi connectivity index (χ4v) is 4.39. The van der Waals surface area contributed by atoms with E-state index in [1.807, 2.05) is 0 Å². The van der Waals surface area contributed by atoms with E-state index in [1.165, 1.54) is 30.6 Å². The molecule has 114 valence electrons. The van der Waals surface area contributed by atoms with Crippen LogP contribution in [0.1, 0.15) is 63.1 Å². The number of aromatic nitrogens is 2. The lowest BCUT2D eigenvalue weighted by atomic mass is 9.77. The van der Waals surface area contributed by atoms with Gasteiger partial charge in [-0.25, -0.2) is 9.97 Å². The number of hydrogen-bond donors (Lipinski definition) is 1. The van der Waals surface area contributed by atoms with Crippen LogP contribution in [0.15, 0.2) is 6.07 Å². The van der Waals surface area contributed by atoms with Crippen molar-refractivity contribution in [2.75, 3.05) is 5.73 Å². The van der Waals surface area contributed by atoms with E-state index < -0.39 is 0 Å². The summed E-state index contributed by atoms with van der Waals surface area (Å²) in [5.41, 5.74) is 6.16. The lowest BCUT2D eigenvalue weighted by molar-refractivity contribution is 0.255. The molecule has 1 saturated carbocycles. The van der Waals surface area contributed by atoms with Crippen molar-refractivity contribution in [2.24, 2.45) is 11.8 Å². The number of aryl methyl sites for hydroxylation is 1. The molecule has 0 amide bonds. The molecule has 2 aromatic rings. The SMILES string of the molecule is CCc1cc2c(N)nc(C3CCC(C(C)C)CC3)nc2s1. The first-order valence-corrected chi connectivity index (χ1v) is 8.96. The third-order valence-electron chi connectivity index (χ3n) is 4.92. The molecule has 0 aliphatic heterocycles. The Morgan fingerprint density at radius 2 is 1.95 bits per heavy atom. The molecule has 2 heterocycles. The van der Waals surface area contributed by atoms with Crippen LogP contribution in [0.25, 0.3) is 10.2 Å². The third-order valence-corrected chi connectivity index (χ3v) is 6.09. The molecular formula is C17H25N3S. The van der Waals surface area contributed by atoms with Crippen molar-refractivity contribution in [1.82, 2.24) is 9.97 Å². The molecule has 0 bridgehead atoms. The standard InChI is InChI=1S/C17H25N3S/c1-4-13-9-14-15(18)19-16(20-17(14)21-13)12-7-5-11(6-8-12)10(2)3/h9-12H,4-8H2,1-3H3,(H2,18,19,20). The predicted molar refractivity (Wildman–Crippen MR) is 90.7 cm³/mol. The van der Waals surface area contributed by atoms with Gasteiger partial charge in [0, 0.05) is 10.8 Å². The Hall–Kier alpha value is -1.16. The highest BCUT2D eigenvalue weighted by atomic mass is 32.1. The van der Waals surface area contributed by atoms with Crippen molar-refractivity contribution < 1.29 is 0 Å². The Kier molecular flexibility index (Phi) is 4.16. The van der Waals surface area contributed by atoms with Gasteiger partial charge in [0.15, 0.2) is 0 Å². The molecule has 1 aliphatic rings. The van der Waals surface area contributed by atoms with Crippen LogP contribution in [0.5, 0.6) is 0 Å². The number of fused-ring (bicyclic) bond motifs is 1. The summed E-state index contributed by atoms with van der Waals surface area (Å²) in [4.78, 5) is 11.9. The minimum Gasteiger partial charge on any atom is -0.383 e. The zero-order chi connectivity index (χ0) is 15.0. The molecule has 3 nitrogen and oxygen atoms in total. The van der Waals surface area contributed by atoms with Crippen LogP contribution >= 0.6 is 11.3 Å². The molecule has 0 spiro atoms. The van der Waals surface area contributed by atoms with Gasteiger partial charge in [0.25, 0.3) is 0 Å².